The first-order chi connectivity index (χ1) is 8.34. The summed E-state index contributed by atoms with van der Waals surface area (Å²) in [4.78, 5) is 15.6. The minimum absolute atomic E-state index is 0.165. The van der Waals surface area contributed by atoms with Crippen LogP contribution in [0, 0.1) is 0 Å². The fourth-order valence-electron chi connectivity index (χ4n) is 1.32. The van der Waals surface area contributed by atoms with Gasteiger partial charge in [0.2, 0.25) is 0 Å². The molecule has 0 aliphatic heterocycles. The van der Waals surface area contributed by atoms with Crippen LogP contribution in [0.5, 0.6) is 0 Å². The lowest BCUT2D eigenvalue weighted by molar-refractivity contribution is 0.0696. The lowest BCUT2D eigenvalue weighted by atomic mass is 9.91. The van der Waals surface area contributed by atoms with Crippen molar-refractivity contribution in [1.82, 2.24) is 4.98 Å². The van der Waals surface area contributed by atoms with Crippen LogP contribution < -0.4 is 0 Å². The summed E-state index contributed by atoms with van der Waals surface area (Å²) in [5.41, 5.74) is 0.916. The van der Waals surface area contributed by atoms with Crippen LogP contribution in [0.2, 0.25) is 0 Å². The molecular weight excluding hydrogens is 250 g/mol. The van der Waals surface area contributed by atoms with Gasteiger partial charge in [0, 0.05) is 24.0 Å². The Balaban J connectivity index is 3.03. The largest absolute Gasteiger partial charge is 0.478 e. The van der Waals surface area contributed by atoms with E-state index in [0.717, 1.165) is 16.5 Å². The Morgan fingerprint density at radius 2 is 2.11 bits per heavy atom. The predicted molar refractivity (Wildman–Crippen MR) is 72.5 cm³/mol. The summed E-state index contributed by atoms with van der Waals surface area (Å²) in [5, 5.41) is 9.84. The first-order valence-electron chi connectivity index (χ1n) is 5.72. The van der Waals surface area contributed by atoms with Crippen LogP contribution in [-0.2, 0) is 10.2 Å². The van der Waals surface area contributed by atoms with Gasteiger partial charge in [-0.05, 0) is 12.1 Å². The molecule has 1 rings (SSSR count). The minimum atomic E-state index is -0.920. The molecular formula is C13H19NO3S. The molecule has 0 saturated heterocycles. The summed E-state index contributed by atoms with van der Waals surface area (Å²) >= 11 is 1.51. The number of methoxy groups -OCH3 is 1. The summed E-state index contributed by atoms with van der Waals surface area (Å²) in [6.07, 6.45) is 0. The first-order valence-corrected chi connectivity index (χ1v) is 6.70. The van der Waals surface area contributed by atoms with Gasteiger partial charge in [-0.25, -0.2) is 9.78 Å². The van der Waals surface area contributed by atoms with Crippen LogP contribution in [0.15, 0.2) is 17.2 Å². The molecule has 0 bridgehead atoms. The number of hydrogen-bond donors (Lipinski definition) is 1. The van der Waals surface area contributed by atoms with Gasteiger partial charge in [0.1, 0.15) is 0 Å². The Morgan fingerprint density at radius 1 is 1.44 bits per heavy atom. The molecule has 0 spiro atoms. The zero-order chi connectivity index (χ0) is 13.8. The quantitative estimate of drug-likeness (QED) is 0.658. The Bertz CT molecular complexity index is 427. The number of hydrogen-bond acceptors (Lipinski definition) is 4. The van der Waals surface area contributed by atoms with Gasteiger partial charge in [0.25, 0.3) is 0 Å². The van der Waals surface area contributed by atoms with Crippen molar-refractivity contribution >= 4 is 17.7 Å². The summed E-state index contributed by atoms with van der Waals surface area (Å²) in [6.45, 7) is 6.67. The highest BCUT2D eigenvalue weighted by molar-refractivity contribution is 7.99. The molecule has 0 aliphatic rings. The van der Waals surface area contributed by atoms with Crippen LogP contribution >= 0.6 is 11.8 Å². The average molecular weight is 269 g/mol. The molecule has 0 aromatic carbocycles. The second-order valence-corrected chi connectivity index (χ2v) is 6.09. The molecule has 0 fully saturated rings. The normalized spacial score (nSPS) is 11.6. The highest BCUT2D eigenvalue weighted by Gasteiger charge is 2.19. The number of aromatic carboxylic acids is 1. The average Bonchev–Trinajstić information content (AvgIpc) is 2.28. The van der Waals surface area contributed by atoms with Crippen LogP contribution in [0.4, 0.5) is 0 Å². The third kappa shape index (κ3) is 4.31. The topological polar surface area (TPSA) is 59.4 Å². The number of pyridine rings is 1. The number of nitrogens with zero attached hydrogens (tertiary/aromatic N) is 1. The van der Waals surface area contributed by atoms with Crippen molar-refractivity contribution in [2.24, 2.45) is 0 Å². The Kier molecular flexibility index (Phi) is 5.16. The van der Waals surface area contributed by atoms with Crippen molar-refractivity contribution < 1.29 is 14.6 Å². The Labute approximate surface area is 112 Å². The molecule has 0 aliphatic carbocycles. The van der Waals surface area contributed by atoms with Crippen molar-refractivity contribution in [3.8, 4) is 0 Å². The zero-order valence-corrected chi connectivity index (χ0v) is 12.0. The van der Waals surface area contributed by atoms with Crippen LogP contribution in [0.25, 0.3) is 0 Å². The molecule has 1 heterocycles. The lowest BCUT2D eigenvalue weighted by Gasteiger charge is -2.19. The number of aromatic nitrogens is 1. The molecule has 1 N–H and O–H groups in total. The van der Waals surface area contributed by atoms with E-state index < -0.39 is 5.97 Å². The SMILES string of the molecule is COCCSc1cc(C(=O)O)cc(C(C)(C)C)n1. The van der Waals surface area contributed by atoms with E-state index in [1.165, 1.54) is 11.8 Å². The molecule has 0 saturated carbocycles. The van der Waals surface area contributed by atoms with E-state index in [1.54, 1.807) is 19.2 Å². The van der Waals surface area contributed by atoms with E-state index in [4.69, 9.17) is 9.84 Å². The van der Waals surface area contributed by atoms with E-state index in [2.05, 4.69) is 4.98 Å². The van der Waals surface area contributed by atoms with E-state index in [1.807, 2.05) is 20.8 Å². The summed E-state index contributed by atoms with van der Waals surface area (Å²) in [7, 11) is 1.64. The van der Waals surface area contributed by atoms with Crippen molar-refractivity contribution in [2.75, 3.05) is 19.5 Å². The smallest absolute Gasteiger partial charge is 0.335 e. The standard InChI is InChI=1S/C13H19NO3S/c1-13(2,3)10-7-9(12(15)16)8-11(14-10)18-6-5-17-4/h7-8H,5-6H2,1-4H3,(H,15,16). The number of carbonyl (C=O) groups is 1. The predicted octanol–water partition coefficient (Wildman–Crippen LogP) is 2.82. The van der Waals surface area contributed by atoms with Crippen molar-refractivity contribution in [2.45, 2.75) is 31.2 Å². The fourth-order valence-corrected chi connectivity index (χ4v) is 2.15. The zero-order valence-electron chi connectivity index (χ0n) is 11.2. The van der Waals surface area contributed by atoms with E-state index in [9.17, 15) is 4.79 Å². The Morgan fingerprint density at radius 3 is 2.61 bits per heavy atom. The molecule has 100 valence electrons. The molecule has 0 atom stereocenters. The van der Waals surface area contributed by atoms with Crippen molar-refractivity contribution in [1.29, 1.82) is 0 Å². The van der Waals surface area contributed by atoms with Crippen LogP contribution in [0.1, 0.15) is 36.8 Å². The molecule has 0 radical (unpaired) electrons. The highest BCUT2D eigenvalue weighted by Crippen LogP contribution is 2.25. The second kappa shape index (κ2) is 6.20. The summed E-state index contributed by atoms with van der Waals surface area (Å²) < 4.78 is 4.97. The van der Waals surface area contributed by atoms with Crippen molar-refractivity contribution in [3.05, 3.63) is 23.4 Å². The molecule has 5 heteroatoms. The lowest BCUT2D eigenvalue weighted by Crippen LogP contribution is -2.15. The van der Waals surface area contributed by atoms with Crippen LogP contribution in [0.3, 0.4) is 0 Å². The maximum Gasteiger partial charge on any atom is 0.335 e. The molecule has 0 amide bonds. The third-order valence-electron chi connectivity index (χ3n) is 2.35. The molecule has 1 aromatic heterocycles. The van der Waals surface area contributed by atoms with E-state index in [0.29, 0.717) is 6.61 Å². The highest BCUT2D eigenvalue weighted by atomic mass is 32.2. The summed E-state index contributed by atoms with van der Waals surface area (Å²) in [5.74, 6) is -0.160. The maximum atomic E-state index is 11.1. The number of carboxylic acids is 1. The molecule has 1 aromatic rings. The van der Waals surface area contributed by atoms with Gasteiger partial charge in [-0.2, -0.15) is 0 Å². The molecule has 4 nitrogen and oxygen atoms in total. The van der Waals surface area contributed by atoms with Gasteiger partial charge < -0.3 is 9.84 Å². The van der Waals surface area contributed by atoms with Crippen molar-refractivity contribution in [3.63, 3.8) is 0 Å². The van der Waals surface area contributed by atoms with Crippen LogP contribution in [-0.4, -0.2) is 35.5 Å². The van der Waals surface area contributed by atoms with Gasteiger partial charge >= 0.3 is 5.97 Å². The monoisotopic (exact) mass is 269 g/mol. The van der Waals surface area contributed by atoms with Gasteiger partial charge in [-0.15, -0.1) is 11.8 Å². The van der Waals surface area contributed by atoms with E-state index in [-0.39, 0.29) is 11.0 Å². The number of ether oxygens (including phenoxy) is 1. The second-order valence-electron chi connectivity index (χ2n) is 4.98. The van der Waals surface area contributed by atoms with Gasteiger partial charge in [-0.1, -0.05) is 20.8 Å². The number of rotatable bonds is 5. The first kappa shape index (κ1) is 15.0. The third-order valence-corrected chi connectivity index (χ3v) is 3.23. The van der Waals surface area contributed by atoms with Gasteiger partial charge in [0.05, 0.1) is 17.2 Å². The minimum Gasteiger partial charge on any atom is -0.478 e. The molecule has 18 heavy (non-hydrogen) atoms. The van der Waals surface area contributed by atoms with Gasteiger partial charge in [0.15, 0.2) is 0 Å². The fraction of sp³-hybridized carbons (Fsp3) is 0.538. The molecule has 0 unspecified atom stereocenters. The Hall–Kier alpha value is -1.07. The maximum absolute atomic E-state index is 11.1. The van der Waals surface area contributed by atoms with Gasteiger partial charge in [-0.3, -0.25) is 0 Å². The number of thioether (sulfide) groups is 1. The summed E-state index contributed by atoms with van der Waals surface area (Å²) in [6, 6.07) is 3.25. The number of carboxylic acid groups (broad SMARTS) is 1. The van der Waals surface area contributed by atoms with E-state index >= 15 is 0 Å².